The fourth-order valence-corrected chi connectivity index (χ4v) is 2.96. The van der Waals surface area contributed by atoms with Crippen LogP contribution in [-0.4, -0.2) is 36.6 Å². The summed E-state index contributed by atoms with van der Waals surface area (Å²) in [7, 11) is 0. The summed E-state index contributed by atoms with van der Waals surface area (Å²) in [6.07, 6.45) is 21.2. The molecule has 0 amide bonds. The molecule has 0 saturated carbocycles. The maximum atomic E-state index is 8.70. The van der Waals surface area contributed by atoms with Crippen molar-refractivity contribution >= 4 is 0 Å². The van der Waals surface area contributed by atoms with E-state index in [4.69, 9.17) is 14.9 Å². The van der Waals surface area contributed by atoms with Gasteiger partial charge in [0.1, 0.15) is 0 Å². The fraction of sp³-hybridized carbons (Fsp3) is 1.00. The number of hydrogen-bond donors (Lipinski definition) is 2. The van der Waals surface area contributed by atoms with E-state index < -0.39 is 0 Å². The van der Waals surface area contributed by atoms with Gasteiger partial charge in [-0.15, -0.1) is 0 Å². The highest BCUT2D eigenvalue weighted by molar-refractivity contribution is 4.50. The molecule has 0 radical (unpaired) electrons. The van der Waals surface area contributed by atoms with Crippen molar-refractivity contribution < 1.29 is 14.9 Å². The minimum Gasteiger partial charge on any atom is -0.396 e. The van der Waals surface area contributed by atoms with Gasteiger partial charge < -0.3 is 14.9 Å². The fourth-order valence-electron chi connectivity index (χ4n) is 2.96. The molecule has 0 atom stereocenters. The molecular formula is C20H42O3. The topological polar surface area (TPSA) is 49.7 Å². The monoisotopic (exact) mass is 330 g/mol. The van der Waals surface area contributed by atoms with Gasteiger partial charge in [-0.2, -0.15) is 0 Å². The Morgan fingerprint density at radius 1 is 0.348 bits per heavy atom. The van der Waals surface area contributed by atoms with Crippen molar-refractivity contribution in [2.45, 2.75) is 103 Å². The van der Waals surface area contributed by atoms with E-state index in [-0.39, 0.29) is 6.61 Å². The van der Waals surface area contributed by atoms with Crippen molar-refractivity contribution in [1.29, 1.82) is 0 Å². The Balaban J connectivity index is 2.92. The van der Waals surface area contributed by atoms with Crippen LogP contribution >= 0.6 is 0 Å². The Labute approximate surface area is 144 Å². The van der Waals surface area contributed by atoms with Crippen LogP contribution in [0.2, 0.25) is 0 Å². The van der Waals surface area contributed by atoms with E-state index in [1.54, 1.807) is 0 Å². The molecule has 23 heavy (non-hydrogen) atoms. The van der Waals surface area contributed by atoms with Crippen LogP contribution in [0.5, 0.6) is 0 Å². The van der Waals surface area contributed by atoms with Crippen LogP contribution in [0.1, 0.15) is 103 Å². The van der Waals surface area contributed by atoms with Crippen LogP contribution in [0.25, 0.3) is 0 Å². The summed E-state index contributed by atoms with van der Waals surface area (Å²) in [5, 5.41) is 17.3. The maximum Gasteiger partial charge on any atom is 0.0697 e. The van der Waals surface area contributed by atoms with Gasteiger partial charge in [0, 0.05) is 13.2 Å². The first-order valence-electron chi connectivity index (χ1n) is 10.2. The van der Waals surface area contributed by atoms with Gasteiger partial charge in [-0.3, -0.25) is 0 Å². The van der Waals surface area contributed by atoms with Gasteiger partial charge in [0.2, 0.25) is 0 Å². The number of hydrogen-bond acceptors (Lipinski definition) is 3. The third-order valence-electron chi connectivity index (χ3n) is 4.43. The van der Waals surface area contributed by atoms with Gasteiger partial charge in [-0.1, -0.05) is 89.9 Å². The second-order valence-electron chi connectivity index (χ2n) is 6.72. The van der Waals surface area contributed by atoms with E-state index in [1.807, 2.05) is 0 Å². The second kappa shape index (κ2) is 21.9. The number of unbranched alkanes of at least 4 members (excludes halogenated alkanes) is 15. The molecule has 0 aliphatic carbocycles. The molecule has 2 N–H and O–H groups in total. The molecule has 0 aromatic carbocycles. The van der Waals surface area contributed by atoms with Gasteiger partial charge in [0.05, 0.1) is 13.2 Å². The first-order chi connectivity index (χ1) is 11.4. The van der Waals surface area contributed by atoms with Crippen molar-refractivity contribution in [3.05, 3.63) is 0 Å². The molecule has 0 unspecified atom stereocenters. The summed E-state index contributed by atoms with van der Waals surface area (Å²) < 4.78 is 5.25. The summed E-state index contributed by atoms with van der Waals surface area (Å²) in [5.74, 6) is 0. The average Bonchev–Trinajstić information content (AvgIpc) is 2.57. The highest BCUT2D eigenvalue weighted by atomic mass is 16.5. The SMILES string of the molecule is OCCCCCCCCCCCCCCCCCCOCCO. The highest BCUT2D eigenvalue weighted by Gasteiger charge is 1.95. The third kappa shape index (κ3) is 21.9. The minimum absolute atomic E-state index is 0.143. The van der Waals surface area contributed by atoms with Gasteiger partial charge in [0.25, 0.3) is 0 Å². The second-order valence-corrected chi connectivity index (χ2v) is 6.72. The lowest BCUT2D eigenvalue weighted by molar-refractivity contribution is 0.0895. The van der Waals surface area contributed by atoms with Gasteiger partial charge >= 0.3 is 0 Å². The first-order valence-corrected chi connectivity index (χ1v) is 10.2. The van der Waals surface area contributed by atoms with Crippen LogP contribution in [0.4, 0.5) is 0 Å². The Morgan fingerprint density at radius 2 is 0.696 bits per heavy atom. The van der Waals surface area contributed by atoms with E-state index in [0.717, 1.165) is 19.4 Å². The molecule has 0 aromatic rings. The van der Waals surface area contributed by atoms with Gasteiger partial charge in [-0.25, -0.2) is 0 Å². The van der Waals surface area contributed by atoms with E-state index in [9.17, 15) is 0 Å². The lowest BCUT2D eigenvalue weighted by Gasteiger charge is -2.04. The Kier molecular flexibility index (Phi) is 21.8. The normalized spacial score (nSPS) is 11.2. The number of aliphatic hydroxyl groups is 2. The molecule has 0 bridgehead atoms. The van der Waals surface area contributed by atoms with Crippen molar-refractivity contribution in [2.24, 2.45) is 0 Å². The van der Waals surface area contributed by atoms with Crippen LogP contribution in [-0.2, 0) is 4.74 Å². The number of rotatable bonds is 20. The van der Waals surface area contributed by atoms with E-state index in [2.05, 4.69) is 0 Å². The van der Waals surface area contributed by atoms with Crippen LogP contribution < -0.4 is 0 Å². The smallest absolute Gasteiger partial charge is 0.0697 e. The molecule has 0 rings (SSSR count). The molecule has 0 heterocycles. The zero-order chi connectivity index (χ0) is 16.8. The van der Waals surface area contributed by atoms with Crippen LogP contribution in [0, 0.1) is 0 Å². The quantitative estimate of drug-likeness (QED) is 0.301. The summed E-state index contributed by atoms with van der Waals surface area (Å²) in [4.78, 5) is 0. The Bertz CT molecular complexity index is 177. The summed E-state index contributed by atoms with van der Waals surface area (Å²) in [5.41, 5.74) is 0. The lowest BCUT2D eigenvalue weighted by atomic mass is 10.0. The van der Waals surface area contributed by atoms with Crippen molar-refractivity contribution in [3.63, 3.8) is 0 Å². The molecule has 0 spiro atoms. The van der Waals surface area contributed by atoms with E-state index in [1.165, 1.54) is 89.9 Å². The molecule has 0 aliphatic heterocycles. The van der Waals surface area contributed by atoms with E-state index >= 15 is 0 Å². The molecule has 140 valence electrons. The van der Waals surface area contributed by atoms with Crippen LogP contribution in [0.3, 0.4) is 0 Å². The summed E-state index contributed by atoms with van der Waals surface area (Å²) in [6.45, 7) is 1.80. The molecular weight excluding hydrogens is 288 g/mol. The highest BCUT2D eigenvalue weighted by Crippen LogP contribution is 2.13. The molecule has 3 nitrogen and oxygen atoms in total. The lowest BCUT2D eigenvalue weighted by Crippen LogP contribution is -2.00. The molecule has 0 fully saturated rings. The Hall–Kier alpha value is -0.120. The predicted octanol–water partition coefficient (Wildman–Crippen LogP) is 5.23. The molecule has 3 heteroatoms. The van der Waals surface area contributed by atoms with Crippen LogP contribution in [0.15, 0.2) is 0 Å². The van der Waals surface area contributed by atoms with Gasteiger partial charge in [0.15, 0.2) is 0 Å². The van der Waals surface area contributed by atoms with Gasteiger partial charge in [-0.05, 0) is 12.8 Å². The predicted molar refractivity (Wildman–Crippen MR) is 98.9 cm³/mol. The van der Waals surface area contributed by atoms with Crippen molar-refractivity contribution in [1.82, 2.24) is 0 Å². The number of ether oxygens (including phenoxy) is 1. The minimum atomic E-state index is 0.143. The summed E-state index contributed by atoms with van der Waals surface area (Å²) >= 11 is 0. The maximum absolute atomic E-state index is 8.70. The summed E-state index contributed by atoms with van der Waals surface area (Å²) in [6, 6.07) is 0. The third-order valence-corrected chi connectivity index (χ3v) is 4.43. The van der Waals surface area contributed by atoms with Crippen molar-refractivity contribution in [3.8, 4) is 0 Å². The first kappa shape index (κ1) is 22.9. The number of aliphatic hydroxyl groups excluding tert-OH is 2. The standard InChI is InChI=1S/C20H42O3/c21-17-15-13-11-9-7-5-3-1-2-4-6-8-10-12-14-16-19-23-20-18-22/h21-22H,1-20H2. The zero-order valence-corrected chi connectivity index (χ0v) is 15.4. The largest absolute Gasteiger partial charge is 0.396 e. The molecule has 0 aromatic heterocycles. The van der Waals surface area contributed by atoms with Crippen molar-refractivity contribution in [2.75, 3.05) is 26.4 Å². The average molecular weight is 331 g/mol. The zero-order valence-electron chi connectivity index (χ0n) is 15.4. The molecule has 0 saturated heterocycles. The van der Waals surface area contributed by atoms with E-state index in [0.29, 0.717) is 13.2 Å². The molecule has 0 aliphatic rings. The Morgan fingerprint density at radius 3 is 1.04 bits per heavy atom.